The number of aryl methyl sites for hydroxylation is 1. The van der Waals surface area contributed by atoms with Crippen LogP contribution in [0.1, 0.15) is 22.7 Å². The van der Waals surface area contributed by atoms with E-state index in [-0.39, 0.29) is 16.7 Å². The fourth-order valence-electron chi connectivity index (χ4n) is 2.79. The van der Waals surface area contributed by atoms with Crippen LogP contribution in [0.4, 0.5) is 24.5 Å². The van der Waals surface area contributed by atoms with Gasteiger partial charge in [-0.2, -0.15) is 24.5 Å². The molecule has 0 saturated carbocycles. The summed E-state index contributed by atoms with van der Waals surface area (Å²) in [5.41, 5.74) is 1.15. The molecule has 1 heterocycles. The minimum Gasteiger partial charge on any atom is -0.347 e. The molecule has 1 aromatic heterocycles. The molecule has 1 atom stereocenters. The molecular weight excluding hydrogens is 431 g/mol. The predicted octanol–water partition coefficient (Wildman–Crippen LogP) is 5.74. The molecule has 0 spiro atoms. The summed E-state index contributed by atoms with van der Waals surface area (Å²) in [6, 6.07) is 13.2. The summed E-state index contributed by atoms with van der Waals surface area (Å²) >= 11 is 6.61. The van der Waals surface area contributed by atoms with Crippen LogP contribution in [0.15, 0.2) is 65.4 Å². The highest BCUT2D eigenvalue weighted by Gasteiger charge is 2.33. The van der Waals surface area contributed by atoms with E-state index in [1.165, 1.54) is 29.5 Å². The molecule has 30 heavy (non-hydrogen) atoms. The first-order valence-corrected chi connectivity index (χ1v) is 10.2. The van der Waals surface area contributed by atoms with Crippen molar-refractivity contribution in [1.29, 1.82) is 0 Å². The SMILES string of the molecule is Cc1ccccc1NC(=O)C(NC(=S)Nc1ccccc1C(F)(F)F)c1ccsc1. The van der Waals surface area contributed by atoms with E-state index < -0.39 is 17.8 Å². The molecule has 1 amide bonds. The fourth-order valence-corrected chi connectivity index (χ4v) is 3.70. The Morgan fingerprint density at radius 3 is 2.30 bits per heavy atom. The van der Waals surface area contributed by atoms with Gasteiger partial charge in [0.25, 0.3) is 5.91 Å². The van der Waals surface area contributed by atoms with Crippen LogP contribution in [0.3, 0.4) is 0 Å². The number of halogens is 3. The number of anilines is 2. The number of carbonyl (C=O) groups is 1. The number of nitrogens with one attached hydrogen (secondary N) is 3. The van der Waals surface area contributed by atoms with Crippen molar-refractivity contribution in [2.75, 3.05) is 10.6 Å². The molecule has 3 rings (SSSR count). The molecule has 0 saturated heterocycles. The van der Waals surface area contributed by atoms with Gasteiger partial charge in [0.2, 0.25) is 0 Å². The van der Waals surface area contributed by atoms with E-state index in [0.29, 0.717) is 11.3 Å². The normalized spacial score (nSPS) is 12.1. The molecule has 3 aromatic rings. The summed E-state index contributed by atoms with van der Waals surface area (Å²) in [7, 11) is 0. The highest BCUT2D eigenvalue weighted by molar-refractivity contribution is 7.80. The third-order valence-corrected chi connectivity index (χ3v) is 5.22. The van der Waals surface area contributed by atoms with Crippen LogP contribution >= 0.6 is 23.6 Å². The number of hydrogen-bond donors (Lipinski definition) is 3. The molecule has 0 fully saturated rings. The number of amides is 1. The van der Waals surface area contributed by atoms with Crippen molar-refractivity contribution < 1.29 is 18.0 Å². The van der Waals surface area contributed by atoms with Gasteiger partial charge in [-0.15, -0.1) is 0 Å². The zero-order valence-corrected chi connectivity index (χ0v) is 17.4. The highest BCUT2D eigenvalue weighted by atomic mass is 32.1. The van der Waals surface area contributed by atoms with Crippen molar-refractivity contribution in [3.8, 4) is 0 Å². The largest absolute Gasteiger partial charge is 0.418 e. The Balaban J connectivity index is 1.79. The first kappa shape index (κ1) is 21.8. The van der Waals surface area contributed by atoms with Gasteiger partial charge in [-0.3, -0.25) is 4.79 Å². The quantitative estimate of drug-likeness (QED) is 0.435. The number of alkyl halides is 3. The number of thiocarbonyl (C=S) groups is 1. The molecule has 0 aliphatic rings. The van der Waals surface area contributed by atoms with E-state index >= 15 is 0 Å². The predicted molar refractivity (Wildman–Crippen MR) is 118 cm³/mol. The van der Waals surface area contributed by atoms with E-state index in [1.807, 2.05) is 19.1 Å². The van der Waals surface area contributed by atoms with E-state index in [1.54, 1.807) is 29.0 Å². The van der Waals surface area contributed by atoms with Crippen molar-refractivity contribution in [3.63, 3.8) is 0 Å². The molecule has 0 aliphatic heterocycles. The smallest absolute Gasteiger partial charge is 0.347 e. The van der Waals surface area contributed by atoms with Crippen molar-refractivity contribution >= 4 is 45.9 Å². The summed E-state index contributed by atoms with van der Waals surface area (Å²) in [6.07, 6.45) is -4.53. The topological polar surface area (TPSA) is 53.2 Å². The Morgan fingerprint density at radius 1 is 1.00 bits per heavy atom. The van der Waals surface area contributed by atoms with Gasteiger partial charge < -0.3 is 16.0 Å². The lowest BCUT2D eigenvalue weighted by atomic mass is 10.1. The maximum atomic E-state index is 13.2. The molecule has 1 unspecified atom stereocenters. The van der Waals surface area contributed by atoms with Gasteiger partial charge in [-0.05, 0) is 65.3 Å². The van der Waals surface area contributed by atoms with Gasteiger partial charge in [0.15, 0.2) is 5.11 Å². The number of benzene rings is 2. The summed E-state index contributed by atoms with van der Waals surface area (Å²) in [5, 5.41) is 11.7. The lowest BCUT2D eigenvalue weighted by Crippen LogP contribution is -2.39. The summed E-state index contributed by atoms with van der Waals surface area (Å²) in [6.45, 7) is 1.86. The molecule has 0 radical (unpaired) electrons. The van der Waals surface area contributed by atoms with E-state index in [0.717, 1.165) is 11.6 Å². The Bertz CT molecular complexity index is 1040. The molecule has 2 aromatic carbocycles. The number of thiophene rings is 1. The maximum Gasteiger partial charge on any atom is 0.418 e. The van der Waals surface area contributed by atoms with Gasteiger partial charge in [0, 0.05) is 5.69 Å². The van der Waals surface area contributed by atoms with Gasteiger partial charge in [-0.25, -0.2) is 0 Å². The zero-order valence-electron chi connectivity index (χ0n) is 15.8. The Morgan fingerprint density at radius 2 is 1.67 bits per heavy atom. The number of hydrogen-bond acceptors (Lipinski definition) is 3. The molecule has 156 valence electrons. The molecule has 3 N–H and O–H groups in total. The van der Waals surface area contributed by atoms with Crippen molar-refractivity contribution in [2.24, 2.45) is 0 Å². The number of carbonyl (C=O) groups excluding carboxylic acids is 1. The maximum absolute atomic E-state index is 13.2. The second kappa shape index (κ2) is 9.27. The monoisotopic (exact) mass is 449 g/mol. The third kappa shape index (κ3) is 5.37. The average molecular weight is 450 g/mol. The lowest BCUT2D eigenvalue weighted by molar-refractivity contribution is -0.136. The van der Waals surface area contributed by atoms with Crippen LogP contribution in [0.2, 0.25) is 0 Å². The van der Waals surface area contributed by atoms with Gasteiger partial charge >= 0.3 is 6.18 Å². The van der Waals surface area contributed by atoms with Crippen LogP contribution in [0.25, 0.3) is 0 Å². The van der Waals surface area contributed by atoms with Crippen LogP contribution in [-0.2, 0) is 11.0 Å². The van der Waals surface area contributed by atoms with Gasteiger partial charge in [-0.1, -0.05) is 30.3 Å². The Labute approximate surface area is 181 Å². The number of para-hydroxylation sites is 2. The zero-order chi connectivity index (χ0) is 21.7. The molecule has 0 aliphatic carbocycles. The third-order valence-electron chi connectivity index (χ3n) is 4.30. The van der Waals surface area contributed by atoms with E-state index in [9.17, 15) is 18.0 Å². The summed E-state index contributed by atoms with van der Waals surface area (Å²) in [5.74, 6) is -0.379. The van der Waals surface area contributed by atoms with Crippen molar-refractivity contribution in [3.05, 3.63) is 82.0 Å². The van der Waals surface area contributed by atoms with Gasteiger partial charge in [0.05, 0.1) is 11.3 Å². The lowest BCUT2D eigenvalue weighted by Gasteiger charge is -2.21. The van der Waals surface area contributed by atoms with Crippen LogP contribution in [0.5, 0.6) is 0 Å². The first-order valence-electron chi connectivity index (χ1n) is 8.88. The summed E-state index contributed by atoms with van der Waals surface area (Å²) in [4.78, 5) is 12.9. The van der Waals surface area contributed by atoms with Crippen molar-refractivity contribution in [1.82, 2.24) is 5.32 Å². The minimum atomic E-state index is -4.53. The van der Waals surface area contributed by atoms with Crippen LogP contribution in [0, 0.1) is 6.92 Å². The molecule has 4 nitrogen and oxygen atoms in total. The highest BCUT2D eigenvalue weighted by Crippen LogP contribution is 2.34. The Hall–Kier alpha value is -2.91. The van der Waals surface area contributed by atoms with Crippen molar-refractivity contribution in [2.45, 2.75) is 19.1 Å². The Kier molecular flexibility index (Phi) is 6.73. The fraction of sp³-hybridized carbons (Fsp3) is 0.143. The standard InChI is InChI=1S/C21H18F3N3OS2/c1-13-6-2-4-8-16(13)25-19(28)18(14-10-11-30-12-14)27-20(29)26-17-9-5-3-7-15(17)21(22,23)24/h2-12,18H,1H3,(H,25,28)(H2,26,27,29). The van der Waals surface area contributed by atoms with Crippen LogP contribution < -0.4 is 16.0 Å². The van der Waals surface area contributed by atoms with E-state index in [4.69, 9.17) is 12.2 Å². The summed E-state index contributed by atoms with van der Waals surface area (Å²) < 4.78 is 39.7. The second-order valence-electron chi connectivity index (χ2n) is 6.44. The first-order chi connectivity index (χ1) is 14.3. The van der Waals surface area contributed by atoms with Crippen LogP contribution in [-0.4, -0.2) is 11.0 Å². The average Bonchev–Trinajstić information content (AvgIpc) is 3.22. The number of rotatable bonds is 5. The second-order valence-corrected chi connectivity index (χ2v) is 7.62. The molecule has 0 bridgehead atoms. The van der Waals surface area contributed by atoms with Gasteiger partial charge in [0.1, 0.15) is 6.04 Å². The molecule has 9 heteroatoms. The minimum absolute atomic E-state index is 0.0946. The molecular formula is C21H18F3N3OS2. The van der Waals surface area contributed by atoms with E-state index in [2.05, 4.69) is 16.0 Å².